The van der Waals surface area contributed by atoms with Crippen molar-refractivity contribution in [1.29, 1.82) is 0 Å². The van der Waals surface area contributed by atoms with Crippen molar-refractivity contribution < 1.29 is 4.74 Å². The molecule has 0 spiro atoms. The Balaban J connectivity index is 1.26. The van der Waals surface area contributed by atoms with Crippen LogP contribution >= 0.6 is 22.9 Å². The van der Waals surface area contributed by atoms with Gasteiger partial charge in [0, 0.05) is 57.2 Å². The highest BCUT2D eigenvalue weighted by Crippen LogP contribution is 2.34. The fraction of sp³-hybridized carbons (Fsp3) is 0.700. The molecule has 1 aliphatic carbocycles. The number of hydrogen-bond acceptors (Lipinski definition) is 7. The minimum Gasteiger partial charge on any atom is -0.378 e. The smallest absolute Gasteiger partial charge is 0.224 e. The number of nitrogens with zero attached hydrogens (tertiary/aromatic N) is 5. The van der Waals surface area contributed by atoms with Gasteiger partial charge in [0.25, 0.3) is 0 Å². The van der Waals surface area contributed by atoms with E-state index in [0.717, 1.165) is 67.9 Å². The van der Waals surface area contributed by atoms with Crippen LogP contribution in [0.2, 0.25) is 5.28 Å². The molecule has 4 heterocycles. The van der Waals surface area contributed by atoms with Gasteiger partial charge in [0.05, 0.1) is 23.4 Å². The number of aromatic nitrogens is 2. The lowest BCUT2D eigenvalue weighted by molar-refractivity contribution is 0.0973. The highest BCUT2D eigenvalue weighted by molar-refractivity contribution is 7.19. The number of halogens is 1. The number of rotatable bonds is 5. The zero-order valence-corrected chi connectivity index (χ0v) is 17.9. The summed E-state index contributed by atoms with van der Waals surface area (Å²) in [5.41, 5.74) is 0.977. The fourth-order valence-corrected chi connectivity index (χ4v) is 5.72. The van der Waals surface area contributed by atoms with Crippen molar-refractivity contribution in [3.05, 3.63) is 16.2 Å². The molecule has 8 heteroatoms. The van der Waals surface area contributed by atoms with Crippen molar-refractivity contribution in [1.82, 2.24) is 19.8 Å². The van der Waals surface area contributed by atoms with Crippen LogP contribution in [0.3, 0.4) is 0 Å². The van der Waals surface area contributed by atoms with Gasteiger partial charge in [-0.3, -0.25) is 4.90 Å². The number of fused-ring (bicyclic) bond motifs is 1. The van der Waals surface area contributed by atoms with Crippen LogP contribution in [0.25, 0.3) is 10.2 Å². The van der Waals surface area contributed by atoms with Crippen LogP contribution in [0.15, 0.2) is 6.07 Å². The normalized spacial score (nSPS) is 22.7. The van der Waals surface area contributed by atoms with Crippen molar-refractivity contribution >= 4 is 39.0 Å². The van der Waals surface area contributed by atoms with Gasteiger partial charge in [-0.05, 0) is 36.4 Å². The molecule has 0 radical (unpaired) electrons. The Morgan fingerprint density at radius 2 is 1.79 bits per heavy atom. The number of piperazine rings is 1. The second kappa shape index (κ2) is 8.40. The van der Waals surface area contributed by atoms with Crippen molar-refractivity contribution in [2.45, 2.75) is 25.8 Å². The summed E-state index contributed by atoms with van der Waals surface area (Å²) in [4.78, 5) is 17.9. The first-order valence-electron chi connectivity index (χ1n) is 10.5. The Hall–Kier alpha value is -0.990. The van der Waals surface area contributed by atoms with Crippen LogP contribution in [-0.4, -0.2) is 78.8 Å². The quantitative estimate of drug-likeness (QED) is 0.691. The van der Waals surface area contributed by atoms with Gasteiger partial charge >= 0.3 is 0 Å². The maximum absolute atomic E-state index is 6.23. The lowest BCUT2D eigenvalue weighted by atomic mass is 9.85. The predicted molar refractivity (Wildman–Crippen MR) is 115 cm³/mol. The minimum atomic E-state index is 0.336. The Kier molecular flexibility index (Phi) is 5.70. The van der Waals surface area contributed by atoms with Crippen molar-refractivity contribution in [3.63, 3.8) is 0 Å². The molecule has 0 amide bonds. The lowest BCUT2D eigenvalue weighted by Gasteiger charge is -2.38. The van der Waals surface area contributed by atoms with Gasteiger partial charge in [0.1, 0.15) is 0 Å². The van der Waals surface area contributed by atoms with Gasteiger partial charge in [0.15, 0.2) is 5.82 Å². The molecule has 0 N–H and O–H groups in total. The average Bonchev–Trinajstić information content (AvgIpc) is 3.08. The first kappa shape index (κ1) is 19.0. The maximum Gasteiger partial charge on any atom is 0.224 e. The van der Waals surface area contributed by atoms with Crippen LogP contribution in [0, 0.1) is 5.92 Å². The molecule has 1 saturated carbocycles. The zero-order valence-electron chi connectivity index (χ0n) is 16.3. The van der Waals surface area contributed by atoms with Crippen LogP contribution in [-0.2, 0) is 11.3 Å². The Morgan fingerprint density at radius 3 is 2.50 bits per heavy atom. The molecule has 2 aromatic heterocycles. The highest BCUT2D eigenvalue weighted by atomic mass is 35.5. The van der Waals surface area contributed by atoms with E-state index in [1.54, 1.807) is 0 Å². The summed E-state index contributed by atoms with van der Waals surface area (Å²) in [5, 5.41) is 0.336. The molecule has 2 aromatic rings. The van der Waals surface area contributed by atoms with Gasteiger partial charge in [-0.2, -0.15) is 4.98 Å². The maximum atomic E-state index is 6.23. The molecule has 6 nitrogen and oxygen atoms in total. The molecular formula is C20H28ClN5OS. The number of anilines is 1. The summed E-state index contributed by atoms with van der Waals surface area (Å²) in [6, 6.07) is 2.21. The third-order valence-corrected chi connectivity index (χ3v) is 7.55. The molecule has 2 saturated heterocycles. The van der Waals surface area contributed by atoms with Crippen LogP contribution < -0.4 is 4.90 Å². The number of ether oxygens (including phenoxy) is 1. The SMILES string of the molecule is Clc1nc(N2CCOCC2)c2sc(CN3CCN(CC4CCC4)CC3)cc2n1. The van der Waals surface area contributed by atoms with Crippen LogP contribution in [0.4, 0.5) is 5.82 Å². The van der Waals surface area contributed by atoms with E-state index in [4.69, 9.17) is 16.3 Å². The predicted octanol–water partition coefficient (Wildman–Crippen LogP) is 3.10. The van der Waals surface area contributed by atoms with E-state index in [1.165, 1.54) is 43.8 Å². The fourth-order valence-electron chi connectivity index (χ4n) is 4.39. The summed E-state index contributed by atoms with van der Waals surface area (Å²) < 4.78 is 6.64. The molecule has 0 unspecified atom stereocenters. The highest BCUT2D eigenvalue weighted by Gasteiger charge is 2.24. The van der Waals surface area contributed by atoms with Gasteiger partial charge < -0.3 is 14.5 Å². The lowest BCUT2D eigenvalue weighted by Crippen LogP contribution is -2.47. The first-order chi connectivity index (χ1) is 13.7. The van der Waals surface area contributed by atoms with Gasteiger partial charge in [-0.25, -0.2) is 4.98 Å². The Morgan fingerprint density at radius 1 is 1.04 bits per heavy atom. The Labute approximate surface area is 175 Å². The van der Waals surface area contributed by atoms with E-state index in [-0.39, 0.29) is 0 Å². The first-order valence-corrected chi connectivity index (χ1v) is 11.7. The number of hydrogen-bond donors (Lipinski definition) is 0. The summed E-state index contributed by atoms with van der Waals surface area (Å²) in [5.74, 6) is 1.94. The van der Waals surface area contributed by atoms with Gasteiger partial charge in [-0.1, -0.05) is 6.42 Å². The molecule has 28 heavy (non-hydrogen) atoms. The summed E-state index contributed by atoms with van der Waals surface area (Å²) >= 11 is 8.05. The zero-order chi connectivity index (χ0) is 18.9. The monoisotopic (exact) mass is 421 g/mol. The molecule has 5 rings (SSSR count). The largest absolute Gasteiger partial charge is 0.378 e. The Bertz CT molecular complexity index is 812. The standard InChI is InChI=1S/C20H28ClN5OS/c21-20-22-17-12-16(28-18(17)19(23-20)26-8-10-27-11-9-26)14-25-6-4-24(5-7-25)13-15-2-1-3-15/h12,15H,1-11,13-14H2. The van der Waals surface area contributed by atoms with E-state index >= 15 is 0 Å². The van der Waals surface area contributed by atoms with Crippen LogP contribution in [0.5, 0.6) is 0 Å². The van der Waals surface area contributed by atoms with Crippen molar-refractivity contribution in [2.75, 3.05) is 63.9 Å². The number of morpholine rings is 1. The molecular weight excluding hydrogens is 394 g/mol. The molecule has 0 atom stereocenters. The third-order valence-electron chi connectivity index (χ3n) is 6.27. The summed E-state index contributed by atoms with van der Waals surface area (Å²) in [7, 11) is 0. The third kappa shape index (κ3) is 4.14. The summed E-state index contributed by atoms with van der Waals surface area (Å²) in [6.45, 7) is 10.2. The molecule has 0 bridgehead atoms. The van der Waals surface area contributed by atoms with E-state index in [1.807, 2.05) is 11.3 Å². The molecule has 3 aliphatic rings. The second-order valence-corrected chi connectivity index (χ2v) is 9.69. The topological polar surface area (TPSA) is 44.7 Å². The number of thiophene rings is 1. The molecule has 0 aromatic carbocycles. The van der Waals surface area contributed by atoms with Crippen molar-refractivity contribution in [2.24, 2.45) is 5.92 Å². The molecule has 152 valence electrons. The van der Waals surface area contributed by atoms with E-state index in [0.29, 0.717) is 5.28 Å². The average molecular weight is 422 g/mol. The van der Waals surface area contributed by atoms with Gasteiger partial charge in [0.2, 0.25) is 5.28 Å². The van der Waals surface area contributed by atoms with E-state index in [2.05, 4.69) is 30.7 Å². The van der Waals surface area contributed by atoms with E-state index in [9.17, 15) is 0 Å². The molecule has 2 aliphatic heterocycles. The van der Waals surface area contributed by atoms with Crippen molar-refractivity contribution in [3.8, 4) is 0 Å². The van der Waals surface area contributed by atoms with Crippen LogP contribution in [0.1, 0.15) is 24.1 Å². The minimum absolute atomic E-state index is 0.336. The van der Waals surface area contributed by atoms with Gasteiger partial charge in [-0.15, -0.1) is 11.3 Å². The molecule has 3 fully saturated rings. The second-order valence-electron chi connectivity index (χ2n) is 8.22. The van der Waals surface area contributed by atoms with E-state index < -0.39 is 0 Å². The summed E-state index contributed by atoms with van der Waals surface area (Å²) in [6.07, 6.45) is 4.32.